The van der Waals surface area contributed by atoms with Crippen molar-refractivity contribution in [2.45, 2.75) is 13.3 Å². The summed E-state index contributed by atoms with van der Waals surface area (Å²) < 4.78 is 9.86. The first-order valence-corrected chi connectivity index (χ1v) is 8.81. The summed E-state index contributed by atoms with van der Waals surface area (Å²) in [5, 5.41) is 11.0. The van der Waals surface area contributed by atoms with Crippen molar-refractivity contribution in [1.82, 2.24) is 0 Å². The Bertz CT molecular complexity index is 883. The van der Waals surface area contributed by atoms with E-state index in [9.17, 15) is 24.5 Å². The summed E-state index contributed by atoms with van der Waals surface area (Å²) in [6, 6.07) is 14.2. The molecule has 0 atom stereocenters. The number of esters is 2. The average molecular weight is 400 g/mol. The number of carbonyl (C=O) groups is 3. The molecule has 9 heteroatoms. The van der Waals surface area contributed by atoms with Gasteiger partial charge in [-0.1, -0.05) is 36.4 Å². The minimum Gasteiger partial charge on any atom is -0.465 e. The van der Waals surface area contributed by atoms with Crippen LogP contribution < -0.4 is 4.90 Å². The van der Waals surface area contributed by atoms with E-state index in [-0.39, 0.29) is 30.8 Å². The van der Waals surface area contributed by atoms with E-state index < -0.39 is 29.4 Å². The normalized spacial score (nSPS) is 10.1. The predicted molar refractivity (Wildman–Crippen MR) is 103 cm³/mol. The highest BCUT2D eigenvalue weighted by atomic mass is 16.6. The number of hydrogen-bond acceptors (Lipinski definition) is 7. The second-order valence-electron chi connectivity index (χ2n) is 5.84. The second-order valence-corrected chi connectivity index (χ2v) is 5.84. The highest BCUT2D eigenvalue weighted by molar-refractivity contribution is 5.99. The topological polar surface area (TPSA) is 116 Å². The summed E-state index contributed by atoms with van der Waals surface area (Å²) in [5.41, 5.74) is 0.422. The van der Waals surface area contributed by atoms with Crippen LogP contribution >= 0.6 is 0 Å². The fourth-order valence-corrected chi connectivity index (χ4v) is 2.53. The molecule has 0 spiro atoms. The Balaban J connectivity index is 2.03. The largest absolute Gasteiger partial charge is 0.465 e. The van der Waals surface area contributed by atoms with Crippen LogP contribution in [-0.2, 0) is 30.3 Å². The maximum Gasteiger partial charge on any atom is 0.326 e. The molecule has 0 aromatic heterocycles. The van der Waals surface area contributed by atoms with Gasteiger partial charge in [-0.2, -0.15) is 0 Å². The zero-order valence-electron chi connectivity index (χ0n) is 15.8. The minimum atomic E-state index is -0.795. The van der Waals surface area contributed by atoms with Crippen LogP contribution in [0.25, 0.3) is 0 Å². The van der Waals surface area contributed by atoms with Crippen molar-refractivity contribution in [3.63, 3.8) is 0 Å². The lowest BCUT2D eigenvalue weighted by molar-refractivity contribution is -0.385. The number of nitrogens with zero attached hydrogens (tertiary/aromatic N) is 2. The van der Waals surface area contributed by atoms with Gasteiger partial charge < -0.3 is 9.47 Å². The Morgan fingerprint density at radius 1 is 0.966 bits per heavy atom. The molecule has 0 aliphatic carbocycles. The maximum atomic E-state index is 12.5. The first-order valence-electron chi connectivity index (χ1n) is 8.81. The summed E-state index contributed by atoms with van der Waals surface area (Å²) in [6.45, 7) is 0.865. The minimum absolute atomic E-state index is 0.167. The molecule has 29 heavy (non-hydrogen) atoms. The molecular formula is C20H20N2O7. The summed E-state index contributed by atoms with van der Waals surface area (Å²) in [4.78, 5) is 48.0. The molecule has 0 radical (unpaired) electrons. The zero-order chi connectivity index (χ0) is 21.2. The standard InChI is InChI=1S/C20H20N2O7/c1-2-28-20(25)13-21(16-9-4-3-5-10-16)18(23)14-29-19(24)12-15-8-6-7-11-17(15)22(26)27/h3-11H,2,12-14H2,1H3. The van der Waals surface area contributed by atoms with E-state index in [1.807, 2.05) is 0 Å². The van der Waals surface area contributed by atoms with Gasteiger partial charge in [0.2, 0.25) is 0 Å². The monoisotopic (exact) mass is 400 g/mol. The van der Waals surface area contributed by atoms with Crippen LogP contribution in [0.15, 0.2) is 54.6 Å². The highest BCUT2D eigenvalue weighted by Crippen LogP contribution is 2.18. The number of nitro benzene ring substituents is 1. The van der Waals surface area contributed by atoms with Crippen LogP contribution in [-0.4, -0.2) is 42.5 Å². The van der Waals surface area contributed by atoms with Crippen molar-refractivity contribution in [2.24, 2.45) is 0 Å². The summed E-state index contributed by atoms with van der Waals surface area (Å²) in [7, 11) is 0. The number of anilines is 1. The molecule has 0 saturated carbocycles. The van der Waals surface area contributed by atoms with Gasteiger partial charge in [-0.15, -0.1) is 0 Å². The number of hydrogen-bond donors (Lipinski definition) is 0. The number of rotatable bonds is 9. The molecule has 0 bridgehead atoms. The number of amides is 1. The maximum absolute atomic E-state index is 12.5. The molecule has 2 aromatic carbocycles. The molecule has 2 aromatic rings. The Hall–Kier alpha value is -3.75. The first kappa shape index (κ1) is 21.5. The van der Waals surface area contributed by atoms with E-state index in [0.717, 1.165) is 4.90 Å². The summed E-state index contributed by atoms with van der Waals surface area (Å²) in [5.74, 6) is -2.02. The van der Waals surface area contributed by atoms with Crippen molar-refractivity contribution in [3.05, 3.63) is 70.3 Å². The quantitative estimate of drug-likeness (QED) is 0.360. The number of carbonyl (C=O) groups excluding carboxylic acids is 3. The lowest BCUT2D eigenvalue weighted by Gasteiger charge is -2.21. The number of para-hydroxylation sites is 2. The van der Waals surface area contributed by atoms with Crippen LogP contribution in [0.3, 0.4) is 0 Å². The van der Waals surface area contributed by atoms with Gasteiger partial charge in [0.25, 0.3) is 11.6 Å². The van der Waals surface area contributed by atoms with Gasteiger partial charge in [0.1, 0.15) is 6.54 Å². The van der Waals surface area contributed by atoms with Crippen molar-refractivity contribution < 1.29 is 28.8 Å². The van der Waals surface area contributed by atoms with Gasteiger partial charge in [0.15, 0.2) is 6.61 Å². The molecule has 2 rings (SSSR count). The Morgan fingerprint density at radius 2 is 1.62 bits per heavy atom. The average Bonchev–Trinajstić information content (AvgIpc) is 2.71. The smallest absolute Gasteiger partial charge is 0.326 e. The molecule has 1 amide bonds. The van der Waals surface area contributed by atoms with Crippen LogP contribution in [0, 0.1) is 10.1 Å². The van der Waals surface area contributed by atoms with Crippen LogP contribution in [0.5, 0.6) is 0 Å². The third-order valence-corrected chi connectivity index (χ3v) is 3.84. The van der Waals surface area contributed by atoms with Crippen LogP contribution in [0.1, 0.15) is 12.5 Å². The van der Waals surface area contributed by atoms with E-state index in [0.29, 0.717) is 5.69 Å². The van der Waals surface area contributed by atoms with Crippen LogP contribution in [0.4, 0.5) is 11.4 Å². The lowest BCUT2D eigenvalue weighted by Crippen LogP contribution is -2.39. The summed E-state index contributed by atoms with van der Waals surface area (Å²) in [6.07, 6.45) is -0.354. The predicted octanol–water partition coefficient (Wildman–Crippen LogP) is 2.28. The SMILES string of the molecule is CCOC(=O)CN(C(=O)COC(=O)Cc1ccccc1[N+](=O)[O-])c1ccccc1. The fourth-order valence-electron chi connectivity index (χ4n) is 2.53. The third kappa shape index (κ3) is 6.42. The molecule has 0 aliphatic rings. The molecule has 9 nitrogen and oxygen atoms in total. The molecule has 152 valence electrons. The van der Waals surface area contributed by atoms with E-state index in [2.05, 4.69) is 0 Å². The van der Waals surface area contributed by atoms with E-state index >= 15 is 0 Å². The molecule has 0 unspecified atom stereocenters. The van der Waals surface area contributed by atoms with Crippen molar-refractivity contribution in [1.29, 1.82) is 0 Å². The van der Waals surface area contributed by atoms with E-state index in [4.69, 9.17) is 9.47 Å². The highest BCUT2D eigenvalue weighted by Gasteiger charge is 2.22. The van der Waals surface area contributed by atoms with Gasteiger partial charge in [0, 0.05) is 17.3 Å². The molecule has 0 N–H and O–H groups in total. The molecule has 0 aliphatic heterocycles. The van der Waals surface area contributed by atoms with E-state index in [1.54, 1.807) is 43.3 Å². The number of benzene rings is 2. The lowest BCUT2D eigenvalue weighted by atomic mass is 10.1. The second kappa shape index (κ2) is 10.5. The van der Waals surface area contributed by atoms with Gasteiger partial charge in [-0.25, -0.2) is 0 Å². The molecular weight excluding hydrogens is 380 g/mol. The molecule has 0 fully saturated rings. The van der Waals surface area contributed by atoms with E-state index in [1.165, 1.54) is 18.2 Å². The Kier molecular flexibility index (Phi) is 7.84. The van der Waals surface area contributed by atoms with Gasteiger partial charge in [0.05, 0.1) is 18.0 Å². The number of nitro groups is 1. The van der Waals surface area contributed by atoms with Crippen molar-refractivity contribution >= 4 is 29.2 Å². The zero-order valence-corrected chi connectivity index (χ0v) is 15.8. The summed E-state index contributed by atoms with van der Waals surface area (Å²) >= 11 is 0. The first-order chi connectivity index (χ1) is 13.9. The third-order valence-electron chi connectivity index (χ3n) is 3.84. The van der Waals surface area contributed by atoms with Crippen LogP contribution in [0.2, 0.25) is 0 Å². The molecule has 0 heterocycles. The Labute approximate surface area is 167 Å². The molecule has 0 saturated heterocycles. The fraction of sp³-hybridized carbons (Fsp3) is 0.250. The van der Waals surface area contributed by atoms with Gasteiger partial charge in [-0.3, -0.25) is 29.4 Å². The van der Waals surface area contributed by atoms with Crippen molar-refractivity contribution in [3.8, 4) is 0 Å². The van der Waals surface area contributed by atoms with Crippen molar-refractivity contribution in [2.75, 3.05) is 24.7 Å². The number of ether oxygens (including phenoxy) is 2. The van der Waals surface area contributed by atoms with Gasteiger partial charge >= 0.3 is 11.9 Å². The Morgan fingerprint density at radius 3 is 2.28 bits per heavy atom. The van der Waals surface area contributed by atoms with Gasteiger partial charge in [-0.05, 0) is 19.1 Å².